The highest BCUT2D eigenvalue weighted by Crippen LogP contribution is 2.32. The fraction of sp³-hybridized carbons (Fsp3) is 0.650. The molecule has 1 amide bonds. The molecule has 1 aliphatic heterocycles. The standard InChI is InChI=1S/C20H30N2O/c1-21-14-16-6-5-13-22(15-16)20(23)19-11-9-18(10-12-19)17-7-3-2-4-8-17/h9-12,16-17,21H,2-8,13-15H2,1H3. The number of hydrogen-bond donors (Lipinski definition) is 1. The van der Waals surface area contributed by atoms with Crippen molar-refractivity contribution in [2.24, 2.45) is 5.92 Å². The van der Waals surface area contributed by atoms with Crippen LogP contribution in [-0.4, -0.2) is 37.5 Å². The average Bonchev–Trinajstić information content (AvgIpc) is 2.62. The van der Waals surface area contributed by atoms with Crippen molar-refractivity contribution in [1.29, 1.82) is 0 Å². The van der Waals surface area contributed by atoms with Crippen LogP contribution < -0.4 is 5.32 Å². The average molecular weight is 314 g/mol. The van der Waals surface area contributed by atoms with Crippen molar-refractivity contribution >= 4 is 5.91 Å². The van der Waals surface area contributed by atoms with Gasteiger partial charge in [-0.15, -0.1) is 0 Å². The molecule has 2 fully saturated rings. The maximum Gasteiger partial charge on any atom is 0.253 e. The normalized spacial score (nSPS) is 23.0. The number of nitrogens with one attached hydrogen (secondary N) is 1. The second-order valence-electron chi connectivity index (χ2n) is 7.27. The molecule has 0 radical (unpaired) electrons. The van der Waals surface area contributed by atoms with Crippen LogP contribution in [0.3, 0.4) is 0 Å². The number of likely N-dealkylation sites (tertiary alicyclic amines) is 1. The summed E-state index contributed by atoms with van der Waals surface area (Å²) in [6, 6.07) is 8.48. The Hall–Kier alpha value is -1.35. The third kappa shape index (κ3) is 4.14. The van der Waals surface area contributed by atoms with Gasteiger partial charge in [-0.2, -0.15) is 0 Å². The maximum atomic E-state index is 12.7. The molecule has 1 saturated carbocycles. The summed E-state index contributed by atoms with van der Waals surface area (Å²) in [4.78, 5) is 14.8. The van der Waals surface area contributed by atoms with Crippen LogP contribution in [0, 0.1) is 5.92 Å². The highest BCUT2D eigenvalue weighted by atomic mass is 16.2. The number of piperidine rings is 1. The van der Waals surface area contributed by atoms with Crippen molar-refractivity contribution in [3.8, 4) is 0 Å². The zero-order valence-corrected chi connectivity index (χ0v) is 14.4. The second kappa shape index (κ2) is 7.96. The van der Waals surface area contributed by atoms with Crippen LogP contribution in [0.5, 0.6) is 0 Å². The predicted octanol–water partition coefficient (Wildman–Crippen LogP) is 3.81. The van der Waals surface area contributed by atoms with Crippen LogP contribution in [0.25, 0.3) is 0 Å². The van der Waals surface area contributed by atoms with Crippen molar-refractivity contribution < 1.29 is 4.79 Å². The van der Waals surface area contributed by atoms with Gasteiger partial charge in [0, 0.05) is 18.7 Å². The fourth-order valence-corrected chi connectivity index (χ4v) is 4.22. The maximum absolute atomic E-state index is 12.7. The number of hydrogen-bond acceptors (Lipinski definition) is 2. The van der Waals surface area contributed by atoms with E-state index in [1.807, 2.05) is 24.1 Å². The summed E-state index contributed by atoms with van der Waals surface area (Å²) in [7, 11) is 1.99. The first-order chi connectivity index (χ1) is 11.3. The summed E-state index contributed by atoms with van der Waals surface area (Å²) in [6.07, 6.45) is 9.06. The zero-order chi connectivity index (χ0) is 16.1. The highest BCUT2D eigenvalue weighted by Gasteiger charge is 2.24. The predicted molar refractivity (Wildman–Crippen MR) is 94.8 cm³/mol. The highest BCUT2D eigenvalue weighted by molar-refractivity contribution is 5.94. The fourth-order valence-electron chi connectivity index (χ4n) is 4.22. The monoisotopic (exact) mass is 314 g/mol. The molecule has 1 N–H and O–H groups in total. The van der Waals surface area contributed by atoms with Gasteiger partial charge in [-0.25, -0.2) is 0 Å². The second-order valence-corrected chi connectivity index (χ2v) is 7.27. The van der Waals surface area contributed by atoms with Gasteiger partial charge in [0.1, 0.15) is 0 Å². The molecule has 0 spiro atoms. The number of carbonyl (C=O) groups is 1. The molecule has 23 heavy (non-hydrogen) atoms. The molecule has 0 bridgehead atoms. The molecule has 3 rings (SSSR count). The molecule has 0 aromatic heterocycles. The molecule has 1 unspecified atom stereocenters. The molecule has 2 aliphatic rings. The molecule has 3 heteroatoms. The van der Waals surface area contributed by atoms with Crippen LogP contribution in [0.1, 0.15) is 66.8 Å². The number of benzene rings is 1. The van der Waals surface area contributed by atoms with E-state index in [-0.39, 0.29) is 5.91 Å². The molecular formula is C20H30N2O. The van der Waals surface area contributed by atoms with Gasteiger partial charge in [0.25, 0.3) is 5.91 Å². The van der Waals surface area contributed by atoms with E-state index in [1.165, 1.54) is 44.1 Å². The first kappa shape index (κ1) is 16.5. The van der Waals surface area contributed by atoms with Crippen molar-refractivity contribution in [2.75, 3.05) is 26.7 Å². The SMILES string of the molecule is CNCC1CCCN(C(=O)c2ccc(C3CCCCC3)cc2)C1. The first-order valence-electron chi connectivity index (χ1n) is 9.32. The van der Waals surface area contributed by atoms with Gasteiger partial charge in [0.2, 0.25) is 0 Å². The van der Waals surface area contributed by atoms with E-state index >= 15 is 0 Å². The van der Waals surface area contributed by atoms with Crippen molar-refractivity contribution in [1.82, 2.24) is 10.2 Å². The van der Waals surface area contributed by atoms with E-state index in [1.54, 1.807) is 0 Å². The lowest BCUT2D eigenvalue weighted by atomic mass is 9.84. The summed E-state index contributed by atoms with van der Waals surface area (Å²) < 4.78 is 0. The Morgan fingerprint density at radius 2 is 1.83 bits per heavy atom. The number of rotatable bonds is 4. The van der Waals surface area contributed by atoms with Gasteiger partial charge >= 0.3 is 0 Å². The summed E-state index contributed by atoms with van der Waals surface area (Å²) in [5, 5.41) is 3.24. The lowest BCUT2D eigenvalue weighted by molar-refractivity contribution is 0.0674. The summed E-state index contributed by atoms with van der Waals surface area (Å²) >= 11 is 0. The van der Waals surface area contributed by atoms with Crippen LogP contribution >= 0.6 is 0 Å². The third-order valence-electron chi connectivity index (χ3n) is 5.53. The molecule has 3 nitrogen and oxygen atoms in total. The van der Waals surface area contributed by atoms with Crippen molar-refractivity contribution in [2.45, 2.75) is 50.9 Å². The van der Waals surface area contributed by atoms with E-state index in [4.69, 9.17) is 0 Å². The topological polar surface area (TPSA) is 32.3 Å². The van der Waals surface area contributed by atoms with Gasteiger partial charge in [-0.1, -0.05) is 31.4 Å². The summed E-state index contributed by atoms with van der Waals surface area (Å²) in [5.41, 5.74) is 2.28. The third-order valence-corrected chi connectivity index (χ3v) is 5.53. The van der Waals surface area contributed by atoms with Crippen LogP contribution in [0.15, 0.2) is 24.3 Å². The lowest BCUT2D eigenvalue weighted by Gasteiger charge is -2.33. The van der Waals surface area contributed by atoms with Gasteiger partial charge in [-0.3, -0.25) is 4.79 Å². The molecule has 1 aromatic carbocycles. The van der Waals surface area contributed by atoms with Gasteiger partial charge in [0.05, 0.1) is 0 Å². The van der Waals surface area contributed by atoms with E-state index in [2.05, 4.69) is 17.4 Å². The van der Waals surface area contributed by atoms with Crippen LogP contribution in [0.2, 0.25) is 0 Å². The molecule has 1 saturated heterocycles. The molecular weight excluding hydrogens is 284 g/mol. The number of nitrogens with zero attached hydrogens (tertiary/aromatic N) is 1. The quantitative estimate of drug-likeness (QED) is 0.916. The zero-order valence-electron chi connectivity index (χ0n) is 14.4. The van der Waals surface area contributed by atoms with Crippen LogP contribution in [0.4, 0.5) is 0 Å². The van der Waals surface area contributed by atoms with E-state index in [9.17, 15) is 4.79 Å². The molecule has 1 atom stereocenters. The Morgan fingerprint density at radius 3 is 2.52 bits per heavy atom. The summed E-state index contributed by atoms with van der Waals surface area (Å²) in [6.45, 7) is 2.80. The van der Waals surface area contributed by atoms with E-state index in [0.29, 0.717) is 11.8 Å². The minimum atomic E-state index is 0.209. The van der Waals surface area contributed by atoms with Gasteiger partial charge in [-0.05, 0) is 68.8 Å². The van der Waals surface area contributed by atoms with Gasteiger partial charge < -0.3 is 10.2 Å². The largest absolute Gasteiger partial charge is 0.338 e. The molecule has 1 aromatic rings. The Morgan fingerprint density at radius 1 is 1.09 bits per heavy atom. The van der Waals surface area contributed by atoms with Crippen LogP contribution in [-0.2, 0) is 0 Å². The Labute approximate surface area is 140 Å². The molecule has 126 valence electrons. The Balaban J connectivity index is 1.63. The van der Waals surface area contributed by atoms with Crippen molar-refractivity contribution in [3.63, 3.8) is 0 Å². The van der Waals surface area contributed by atoms with Gasteiger partial charge in [0.15, 0.2) is 0 Å². The number of carbonyl (C=O) groups excluding carboxylic acids is 1. The summed E-state index contributed by atoms with van der Waals surface area (Å²) in [5.74, 6) is 1.52. The lowest BCUT2D eigenvalue weighted by Crippen LogP contribution is -2.42. The molecule has 1 heterocycles. The van der Waals surface area contributed by atoms with Crippen molar-refractivity contribution in [3.05, 3.63) is 35.4 Å². The molecule has 1 aliphatic carbocycles. The first-order valence-corrected chi connectivity index (χ1v) is 9.32. The van der Waals surface area contributed by atoms with E-state index < -0.39 is 0 Å². The minimum Gasteiger partial charge on any atom is -0.338 e. The Bertz CT molecular complexity index is 503. The van der Waals surface area contributed by atoms with E-state index in [0.717, 1.165) is 31.6 Å². The Kier molecular flexibility index (Phi) is 5.71. The number of amides is 1. The minimum absolute atomic E-state index is 0.209. The smallest absolute Gasteiger partial charge is 0.253 e.